The minimum Gasteiger partial charge on any atom is -0.322 e. The van der Waals surface area contributed by atoms with Crippen molar-refractivity contribution in [3.63, 3.8) is 0 Å². The normalized spacial score (nSPS) is 15.8. The second-order valence-electron chi connectivity index (χ2n) is 6.91. The van der Waals surface area contributed by atoms with Crippen molar-refractivity contribution in [3.05, 3.63) is 58.1 Å². The molecule has 1 aliphatic rings. The number of anilines is 1. The summed E-state index contributed by atoms with van der Waals surface area (Å²) in [6.45, 7) is 3.10. The minimum atomic E-state index is -3.66. The van der Waals surface area contributed by atoms with E-state index in [4.69, 9.17) is 5.26 Å². The van der Waals surface area contributed by atoms with Gasteiger partial charge < -0.3 is 5.32 Å². The lowest BCUT2D eigenvalue weighted by atomic mass is 10.0. The molecule has 0 unspecified atom stereocenters. The van der Waals surface area contributed by atoms with E-state index in [1.165, 1.54) is 16.4 Å². The summed E-state index contributed by atoms with van der Waals surface area (Å²) in [6, 6.07) is 13.0. The lowest BCUT2D eigenvalue weighted by Gasteiger charge is -2.29. The maximum absolute atomic E-state index is 13.0. The Kier molecular flexibility index (Phi) is 6.18. The summed E-state index contributed by atoms with van der Waals surface area (Å²) < 4.78 is 28.0. The molecular formula is C20H20BrN3O3S. The molecule has 8 heteroatoms. The van der Waals surface area contributed by atoms with Gasteiger partial charge in [0.1, 0.15) is 0 Å². The molecular weight excluding hydrogens is 442 g/mol. The Morgan fingerprint density at radius 3 is 2.43 bits per heavy atom. The molecule has 6 nitrogen and oxygen atoms in total. The van der Waals surface area contributed by atoms with Crippen LogP contribution in [0.4, 0.5) is 5.69 Å². The molecule has 2 aromatic carbocycles. The summed E-state index contributed by atoms with van der Waals surface area (Å²) in [5, 5.41) is 11.6. The lowest BCUT2D eigenvalue weighted by Crippen LogP contribution is -2.38. The van der Waals surface area contributed by atoms with Crippen LogP contribution in [-0.4, -0.2) is 31.7 Å². The van der Waals surface area contributed by atoms with E-state index in [2.05, 4.69) is 28.2 Å². The fourth-order valence-electron chi connectivity index (χ4n) is 3.05. The predicted molar refractivity (Wildman–Crippen MR) is 110 cm³/mol. The van der Waals surface area contributed by atoms with Crippen molar-refractivity contribution in [3.8, 4) is 6.07 Å². The van der Waals surface area contributed by atoms with Crippen molar-refractivity contribution >= 4 is 37.5 Å². The SMILES string of the molecule is CC1CCN(S(=O)(=O)c2cc(Br)cc(C(=O)Nc3ccc(C#N)cc3)c2)CC1. The van der Waals surface area contributed by atoms with Gasteiger partial charge in [-0.3, -0.25) is 4.79 Å². The number of sulfonamides is 1. The van der Waals surface area contributed by atoms with Gasteiger partial charge in [-0.15, -0.1) is 0 Å². The van der Waals surface area contributed by atoms with Crippen LogP contribution in [0.5, 0.6) is 0 Å². The molecule has 0 bridgehead atoms. The van der Waals surface area contributed by atoms with Crippen LogP contribution in [0.2, 0.25) is 0 Å². The van der Waals surface area contributed by atoms with Gasteiger partial charge in [-0.2, -0.15) is 9.57 Å². The number of nitriles is 1. The molecule has 2 aromatic rings. The largest absolute Gasteiger partial charge is 0.322 e. The maximum atomic E-state index is 13.0. The molecule has 28 heavy (non-hydrogen) atoms. The molecule has 0 spiro atoms. The molecule has 3 rings (SSSR count). The van der Waals surface area contributed by atoms with E-state index in [1.807, 2.05) is 6.07 Å². The van der Waals surface area contributed by atoms with Crippen LogP contribution in [0.15, 0.2) is 51.8 Å². The van der Waals surface area contributed by atoms with E-state index < -0.39 is 15.9 Å². The zero-order valence-electron chi connectivity index (χ0n) is 15.4. The fraction of sp³-hybridized carbons (Fsp3) is 0.300. The Labute approximate surface area is 173 Å². The highest BCUT2D eigenvalue weighted by Gasteiger charge is 2.29. The van der Waals surface area contributed by atoms with Crippen LogP contribution in [0.25, 0.3) is 0 Å². The van der Waals surface area contributed by atoms with Crippen molar-refractivity contribution in [2.24, 2.45) is 5.92 Å². The Hall–Kier alpha value is -2.21. The Morgan fingerprint density at radius 1 is 1.18 bits per heavy atom. The highest BCUT2D eigenvalue weighted by Crippen LogP contribution is 2.27. The zero-order valence-corrected chi connectivity index (χ0v) is 17.8. The van der Waals surface area contributed by atoms with Crippen LogP contribution in [0.1, 0.15) is 35.7 Å². The van der Waals surface area contributed by atoms with Gasteiger partial charge in [-0.05, 0) is 61.2 Å². The van der Waals surface area contributed by atoms with Crippen LogP contribution >= 0.6 is 15.9 Å². The fourth-order valence-corrected chi connectivity index (χ4v) is 5.23. The number of amides is 1. The average Bonchev–Trinajstić information content (AvgIpc) is 2.68. The summed E-state index contributed by atoms with van der Waals surface area (Å²) in [5.74, 6) is 0.0949. The van der Waals surface area contributed by atoms with Gasteiger partial charge >= 0.3 is 0 Å². The summed E-state index contributed by atoms with van der Waals surface area (Å²) in [5.41, 5.74) is 1.26. The quantitative estimate of drug-likeness (QED) is 0.744. The molecule has 0 aliphatic carbocycles. The topological polar surface area (TPSA) is 90.3 Å². The molecule has 1 amide bonds. The number of piperidine rings is 1. The Bertz CT molecular complexity index is 1020. The molecule has 1 saturated heterocycles. The first-order valence-corrected chi connectivity index (χ1v) is 11.1. The first-order valence-electron chi connectivity index (χ1n) is 8.92. The van der Waals surface area contributed by atoms with Gasteiger partial charge in [0.15, 0.2) is 0 Å². The molecule has 0 radical (unpaired) electrons. The second-order valence-corrected chi connectivity index (χ2v) is 9.76. The van der Waals surface area contributed by atoms with Crippen LogP contribution < -0.4 is 5.32 Å². The van der Waals surface area contributed by atoms with E-state index in [1.54, 1.807) is 30.3 Å². The van der Waals surface area contributed by atoms with Crippen LogP contribution in [0, 0.1) is 17.2 Å². The third-order valence-electron chi connectivity index (χ3n) is 4.79. The van der Waals surface area contributed by atoms with Gasteiger partial charge in [0.2, 0.25) is 10.0 Å². The van der Waals surface area contributed by atoms with Gasteiger partial charge in [-0.25, -0.2) is 8.42 Å². The zero-order chi connectivity index (χ0) is 20.3. The molecule has 1 heterocycles. The number of benzene rings is 2. The number of carbonyl (C=O) groups is 1. The van der Waals surface area contributed by atoms with E-state index in [0.717, 1.165) is 12.8 Å². The number of carbonyl (C=O) groups excluding carboxylic acids is 1. The highest BCUT2D eigenvalue weighted by atomic mass is 79.9. The van der Waals surface area contributed by atoms with Crippen molar-refractivity contribution < 1.29 is 13.2 Å². The summed E-state index contributed by atoms with van der Waals surface area (Å²) in [7, 11) is -3.66. The molecule has 0 aromatic heterocycles. The van der Waals surface area contributed by atoms with Crippen LogP contribution in [0.3, 0.4) is 0 Å². The van der Waals surface area contributed by atoms with Gasteiger partial charge in [-0.1, -0.05) is 22.9 Å². The van der Waals surface area contributed by atoms with E-state index in [-0.39, 0.29) is 10.5 Å². The van der Waals surface area contributed by atoms with Crippen molar-refractivity contribution in [2.75, 3.05) is 18.4 Å². The third-order valence-corrected chi connectivity index (χ3v) is 7.12. The second kappa shape index (κ2) is 8.43. The number of halogens is 1. The molecule has 1 aliphatic heterocycles. The number of rotatable bonds is 4. The smallest absolute Gasteiger partial charge is 0.255 e. The summed E-state index contributed by atoms with van der Waals surface area (Å²) in [6.07, 6.45) is 1.67. The minimum absolute atomic E-state index is 0.0985. The number of hydrogen-bond acceptors (Lipinski definition) is 4. The highest BCUT2D eigenvalue weighted by molar-refractivity contribution is 9.10. The van der Waals surface area contributed by atoms with Gasteiger partial charge in [0, 0.05) is 28.8 Å². The van der Waals surface area contributed by atoms with Crippen molar-refractivity contribution in [1.82, 2.24) is 4.31 Å². The predicted octanol–water partition coefficient (Wildman–Crippen LogP) is 3.99. The first kappa shape index (κ1) is 20.5. The van der Waals surface area contributed by atoms with Crippen LogP contribution in [-0.2, 0) is 10.0 Å². The Balaban J connectivity index is 1.84. The molecule has 146 valence electrons. The monoisotopic (exact) mass is 461 g/mol. The molecule has 1 fully saturated rings. The number of nitrogens with zero attached hydrogens (tertiary/aromatic N) is 2. The van der Waals surface area contributed by atoms with E-state index in [9.17, 15) is 13.2 Å². The summed E-state index contributed by atoms with van der Waals surface area (Å²) >= 11 is 3.31. The summed E-state index contributed by atoms with van der Waals surface area (Å²) in [4.78, 5) is 12.7. The van der Waals surface area contributed by atoms with Gasteiger partial charge in [0.05, 0.1) is 16.5 Å². The van der Waals surface area contributed by atoms with E-state index in [0.29, 0.717) is 34.7 Å². The number of hydrogen-bond donors (Lipinski definition) is 1. The molecule has 0 saturated carbocycles. The van der Waals surface area contributed by atoms with Crippen molar-refractivity contribution in [1.29, 1.82) is 5.26 Å². The Morgan fingerprint density at radius 2 is 1.82 bits per heavy atom. The lowest BCUT2D eigenvalue weighted by molar-refractivity contribution is 0.102. The molecule has 1 N–H and O–H groups in total. The van der Waals surface area contributed by atoms with E-state index >= 15 is 0 Å². The average molecular weight is 462 g/mol. The molecule has 0 atom stereocenters. The maximum Gasteiger partial charge on any atom is 0.255 e. The standard InChI is InChI=1S/C20H20BrN3O3S/c1-14-6-8-24(9-7-14)28(26,27)19-11-16(10-17(21)12-19)20(25)23-18-4-2-15(13-22)3-5-18/h2-5,10-12,14H,6-9H2,1H3,(H,23,25). The van der Waals surface area contributed by atoms with Gasteiger partial charge in [0.25, 0.3) is 5.91 Å². The third kappa shape index (κ3) is 4.61. The van der Waals surface area contributed by atoms with Crippen molar-refractivity contribution in [2.45, 2.75) is 24.7 Å². The number of nitrogens with one attached hydrogen (secondary N) is 1. The first-order chi connectivity index (χ1) is 13.3.